The highest BCUT2D eigenvalue weighted by Gasteiger charge is 2.33. The number of nitrogens with one attached hydrogen (secondary N) is 1. The van der Waals surface area contributed by atoms with Crippen LogP contribution in [0.4, 0.5) is 0 Å². The summed E-state index contributed by atoms with van der Waals surface area (Å²) in [5.41, 5.74) is 6.54. The van der Waals surface area contributed by atoms with E-state index in [0.717, 1.165) is 18.4 Å². The maximum absolute atomic E-state index is 12.3. The lowest BCUT2D eigenvalue weighted by atomic mass is 10.2. The molecular weight excluding hydrogens is 352 g/mol. The molecule has 2 rings (SSSR count). The van der Waals surface area contributed by atoms with Gasteiger partial charge in [0, 0.05) is 17.1 Å². The van der Waals surface area contributed by atoms with E-state index in [1.165, 1.54) is 0 Å². The van der Waals surface area contributed by atoms with Crippen molar-refractivity contribution >= 4 is 38.4 Å². The Labute approximate surface area is 128 Å². The quantitative estimate of drug-likeness (QED) is 0.835. The van der Waals surface area contributed by atoms with Gasteiger partial charge < -0.3 is 5.73 Å². The first-order valence-corrected chi connectivity index (χ1v) is 8.20. The van der Waals surface area contributed by atoms with Gasteiger partial charge in [0.15, 0.2) is 0 Å². The van der Waals surface area contributed by atoms with E-state index in [9.17, 15) is 8.42 Å². The van der Waals surface area contributed by atoms with E-state index in [-0.39, 0.29) is 23.3 Å². The van der Waals surface area contributed by atoms with Gasteiger partial charge in [-0.15, -0.1) is 12.4 Å². The number of benzene rings is 1. The number of halogens is 2. The van der Waals surface area contributed by atoms with Crippen LogP contribution in [0, 0.1) is 12.8 Å². The second-order valence-electron chi connectivity index (χ2n) is 4.73. The average molecular weight is 370 g/mol. The predicted octanol–water partition coefficient (Wildman–Crippen LogP) is 2.19. The fraction of sp³-hybridized carbons (Fsp3) is 0.500. The smallest absolute Gasteiger partial charge is 0.242 e. The maximum Gasteiger partial charge on any atom is 0.242 e. The normalized spacial score (nSPS) is 16.8. The fourth-order valence-corrected chi connectivity index (χ4v) is 4.28. The van der Waals surface area contributed by atoms with Gasteiger partial charge in [0.1, 0.15) is 0 Å². The molecule has 0 heterocycles. The van der Waals surface area contributed by atoms with Crippen LogP contribution < -0.4 is 10.5 Å². The average Bonchev–Trinajstić information content (AvgIpc) is 3.13. The number of hydrogen-bond acceptors (Lipinski definition) is 3. The van der Waals surface area contributed by atoms with E-state index < -0.39 is 10.0 Å². The molecule has 1 saturated carbocycles. The molecule has 1 aliphatic rings. The van der Waals surface area contributed by atoms with E-state index in [1.54, 1.807) is 12.1 Å². The molecule has 4 nitrogen and oxygen atoms in total. The maximum atomic E-state index is 12.3. The third-order valence-electron chi connectivity index (χ3n) is 3.13. The zero-order chi connectivity index (χ0) is 13.3. The van der Waals surface area contributed by atoms with Crippen molar-refractivity contribution in [1.82, 2.24) is 4.72 Å². The van der Waals surface area contributed by atoms with Crippen LogP contribution in [-0.2, 0) is 10.0 Å². The molecule has 0 aromatic heterocycles. The summed E-state index contributed by atoms with van der Waals surface area (Å²) in [6.45, 7) is 2.21. The SMILES string of the molecule is Cc1ccc(Br)c(S(=O)(=O)NC(CN)C2CC2)c1.Cl. The van der Waals surface area contributed by atoms with E-state index in [4.69, 9.17) is 5.73 Å². The van der Waals surface area contributed by atoms with Gasteiger partial charge in [0.2, 0.25) is 10.0 Å². The van der Waals surface area contributed by atoms with Crippen molar-refractivity contribution in [3.8, 4) is 0 Å². The second-order valence-corrected chi connectivity index (χ2v) is 7.27. The molecule has 0 radical (unpaired) electrons. The highest BCUT2D eigenvalue weighted by molar-refractivity contribution is 9.10. The number of hydrogen-bond donors (Lipinski definition) is 2. The van der Waals surface area contributed by atoms with E-state index in [1.807, 2.05) is 13.0 Å². The molecule has 0 spiro atoms. The number of aryl methyl sites for hydroxylation is 1. The summed E-state index contributed by atoms with van der Waals surface area (Å²) in [6.07, 6.45) is 2.11. The topological polar surface area (TPSA) is 72.2 Å². The van der Waals surface area contributed by atoms with Crippen molar-refractivity contribution < 1.29 is 8.42 Å². The highest BCUT2D eigenvalue weighted by Crippen LogP contribution is 2.33. The molecule has 0 aliphatic heterocycles. The molecule has 3 N–H and O–H groups in total. The van der Waals surface area contributed by atoms with Crippen molar-refractivity contribution in [1.29, 1.82) is 0 Å². The minimum atomic E-state index is -3.51. The number of rotatable bonds is 5. The Hall–Kier alpha value is -0.140. The van der Waals surface area contributed by atoms with Gasteiger partial charge in [-0.25, -0.2) is 13.1 Å². The summed E-state index contributed by atoms with van der Waals surface area (Å²) in [7, 11) is -3.51. The number of nitrogens with two attached hydrogens (primary N) is 1. The molecule has 108 valence electrons. The lowest BCUT2D eigenvalue weighted by molar-refractivity contribution is 0.519. The van der Waals surface area contributed by atoms with Crippen LogP contribution >= 0.6 is 28.3 Å². The summed E-state index contributed by atoms with van der Waals surface area (Å²) in [5.74, 6) is 0.397. The summed E-state index contributed by atoms with van der Waals surface area (Å²) in [6, 6.07) is 5.12. The Morgan fingerprint density at radius 3 is 2.63 bits per heavy atom. The molecule has 1 atom stereocenters. The van der Waals surface area contributed by atoms with Crippen LogP contribution in [0.1, 0.15) is 18.4 Å². The standard InChI is InChI=1S/C12H17BrN2O2S.ClH/c1-8-2-5-10(13)12(6-8)18(16,17)15-11(7-14)9-3-4-9;/h2,5-6,9,11,15H,3-4,7,14H2,1H3;1H. The first kappa shape index (κ1) is 16.9. The Kier molecular flexibility index (Phi) is 5.82. The van der Waals surface area contributed by atoms with E-state index in [2.05, 4.69) is 20.7 Å². The predicted molar refractivity (Wildman–Crippen MR) is 82.0 cm³/mol. The first-order chi connectivity index (χ1) is 8.44. The largest absolute Gasteiger partial charge is 0.329 e. The van der Waals surface area contributed by atoms with Crippen LogP contribution in [0.3, 0.4) is 0 Å². The van der Waals surface area contributed by atoms with Gasteiger partial charge in [0.05, 0.1) is 4.90 Å². The Morgan fingerprint density at radius 1 is 1.47 bits per heavy atom. The van der Waals surface area contributed by atoms with Gasteiger partial charge in [-0.2, -0.15) is 0 Å². The molecule has 1 aromatic carbocycles. The molecule has 0 amide bonds. The van der Waals surface area contributed by atoms with Crippen LogP contribution in [-0.4, -0.2) is 21.0 Å². The molecular formula is C12H18BrClN2O2S. The summed E-state index contributed by atoms with van der Waals surface area (Å²) in [4.78, 5) is 0.279. The number of sulfonamides is 1. The molecule has 1 aromatic rings. The Bertz CT molecular complexity index is 547. The van der Waals surface area contributed by atoms with Crippen LogP contribution in [0.2, 0.25) is 0 Å². The van der Waals surface area contributed by atoms with Crippen LogP contribution in [0.15, 0.2) is 27.6 Å². The van der Waals surface area contributed by atoms with Crippen LogP contribution in [0.25, 0.3) is 0 Å². The summed E-state index contributed by atoms with van der Waals surface area (Å²) >= 11 is 3.28. The van der Waals surface area contributed by atoms with Crippen LogP contribution in [0.5, 0.6) is 0 Å². The van der Waals surface area contributed by atoms with Gasteiger partial charge in [-0.05, 0) is 59.3 Å². The van der Waals surface area contributed by atoms with Crippen molar-refractivity contribution in [3.63, 3.8) is 0 Å². The lowest BCUT2D eigenvalue weighted by Gasteiger charge is -2.17. The molecule has 19 heavy (non-hydrogen) atoms. The molecule has 1 fully saturated rings. The van der Waals surface area contributed by atoms with Gasteiger partial charge in [0.25, 0.3) is 0 Å². The van der Waals surface area contributed by atoms with Gasteiger partial charge in [-0.1, -0.05) is 6.07 Å². The molecule has 0 bridgehead atoms. The molecule has 7 heteroatoms. The Balaban J connectivity index is 0.00000180. The van der Waals surface area contributed by atoms with E-state index in [0.29, 0.717) is 16.9 Å². The van der Waals surface area contributed by atoms with Gasteiger partial charge >= 0.3 is 0 Å². The van der Waals surface area contributed by atoms with Gasteiger partial charge in [-0.3, -0.25) is 0 Å². The minimum absolute atomic E-state index is 0. The second kappa shape index (κ2) is 6.54. The monoisotopic (exact) mass is 368 g/mol. The molecule has 1 aliphatic carbocycles. The van der Waals surface area contributed by atoms with E-state index >= 15 is 0 Å². The van der Waals surface area contributed by atoms with Crippen molar-refractivity contribution in [2.75, 3.05) is 6.54 Å². The van der Waals surface area contributed by atoms with Crippen molar-refractivity contribution in [2.24, 2.45) is 11.7 Å². The Morgan fingerprint density at radius 2 is 2.11 bits per heavy atom. The fourth-order valence-electron chi connectivity index (χ4n) is 1.91. The highest BCUT2D eigenvalue weighted by atomic mass is 79.9. The first-order valence-electron chi connectivity index (χ1n) is 5.92. The third-order valence-corrected chi connectivity index (χ3v) is 5.61. The summed E-state index contributed by atoms with van der Waals surface area (Å²) in [5, 5.41) is 0. The zero-order valence-electron chi connectivity index (χ0n) is 10.6. The third kappa shape index (κ3) is 4.16. The summed E-state index contributed by atoms with van der Waals surface area (Å²) < 4.78 is 27.9. The zero-order valence-corrected chi connectivity index (χ0v) is 13.8. The minimum Gasteiger partial charge on any atom is -0.329 e. The van der Waals surface area contributed by atoms with Crippen molar-refractivity contribution in [2.45, 2.75) is 30.7 Å². The molecule has 0 saturated heterocycles. The lowest BCUT2D eigenvalue weighted by Crippen LogP contribution is -2.41. The molecule has 1 unspecified atom stereocenters. The van der Waals surface area contributed by atoms with Crippen molar-refractivity contribution in [3.05, 3.63) is 28.2 Å².